The molecule has 0 saturated carbocycles. The number of carboxylic acids is 1. The summed E-state index contributed by atoms with van der Waals surface area (Å²) in [5, 5.41) is 20.2. The number of ether oxygens (including phenoxy) is 3. The van der Waals surface area contributed by atoms with Crippen molar-refractivity contribution in [3.05, 3.63) is 58.6 Å². The van der Waals surface area contributed by atoms with E-state index in [1.165, 1.54) is 12.1 Å². The van der Waals surface area contributed by atoms with E-state index in [2.05, 4.69) is 0 Å². The van der Waals surface area contributed by atoms with Crippen LogP contribution in [0.5, 0.6) is 11.5 Å². The summed E-state index contributed by atoms with van der Waals surface area (Å²) in [5.41, 5.74) is 6.61. The van der Waals surface area contributed by atoms with Gasteiger partial charge in [-0.25, -0.2) is 9.59 Å². The minimum Gasteiger partial charge on any atom is -0.475 e. The molecular formula is C20H20ClNO7. The van der Waals surface area contributed by atoms with Crippen LogP contribution in [0.25, 0.3) is 0 Å². The van der Waals surface area contributed by atoms with Crippen LogP contribution in [0.15, 0.2) is 42.5 Å². The fraction of sp³-hybridized carbons (Fsp3) is 0.300. The Morgan fingerprint density at radius 2 is 1.97 bits per heavy atom. The van der Waals surface area contributed by atoms with Gasteiger partial charge in [0.2, 0.25) is 0 Å². The zero-order chi connectivity index (χ0) is 21.0. The number of carbonyl (C=O) groups excluding carboxylic acids is 1. The van der Waals surface area contributed by atoms with Crippen molar-refractivity contribution < 1.29 is 34.0 Å². The van der Waals surface area contributed by atoms with Gasteiger partial charge in [-0.2, -0.15) is 0 Å². The lowest BCUT2D eigenvalue weighted by molar-refractivity contribution is -0.200. The van der Waals surface area contributed by atoms with Crippen molar-refractivity contribution in [1.29, 1.82) is 0 Å². The van der Waals surface area contributed by atoms with Crippen LogP contribution >= 0.6 is 11.6 Å². The van der Waals surface area contributed by atoms with Crippen LogP contribution in [0.3, 0.4) is 0 Å². The van der Waals surface area contributed by atoms with Gasteiger partial charge in [-0.15, -0.1) is 0 Å². The van der Waals surface area contributed by atoms with E-state index in [0.717, 1.165) is 0 Å². The fourth-order valence-corrected chi connectivity index (χ4v) is 3.08. The third-order valence-electron chi connectivity index (χ3n) is 4.37. The Labute approximate surface area is 171 Å². The SMILES string of the molecule is NCCCc1cccc2c1OC(C(=O)O)(C(=O)OCC(O)c1cccc(Cl)c1)O2. The molecule has 3 rings (SSSR count). The Bertz CT molecular complexity index is 919. The predicted molar refractivity (Wildman–Crippen MR) is 103 cm³/mol. The quantitative estimate of drug-likeness (QED) is 0.436. The van der Waals surface area contributed by atoms with Gasteiger partial charge in [-0.1, -0.05) is 35.9 Å². The molecule has 2 atom stereocenters. The normalized spacial score (nSPS) is 18.3. The minimum atomic E-state index is -2.69. The zero-order valence-electron chi connectivity index (χ0n) is 15.3. The van der Waals surface area contributed by atoms with E-state index in [1.54, 1.807) is 30.3 Å². The maximum absolute atomic E-state index is 12.6. The first kappa shape index (κ1) is 20.9. The molecule has 1 heterocycles. The van der Waals surface area contributed by atoms with Gasteiger partial charge in [0, 0.05) is 5.02 Å². The van der Waals surface area contributed by atoms with Crippen molar-refractivity contribution in [3.8, 4) is 11.5 Å². The van der Waals surface area contributed by atoms with Crippen molar-refractivity contribution in [3.63, 3.8) is 0 Å². The van der Waals surface area contributed by atoms with E-state index in [9.17, 15) is 19.8 Å². The number of carboxylic acid groups (broad SMARTS) is 1. The van der Waals surface area contributed by atoms with Gasteiger partial charge in [0.15, 0.2) is 11.5 Å². The van der Waals surface area contributed by atoms with Gasteiger partial charge in [0.05, 0.1) is 0 Å². The number of para-hydroxylation sites is 1. The lowest BCUT2D eigenvalue weighted by atomic mass is 10.1. The molecule has 29 heavy (non-hydrogen) atoms. The second kappa shape index (κ2) is 8.69. The van der Waals surface area contributed by atoms with Gasteiger partial charge in [-0.3, -0.25) is 0 Å². The van der Waals surface area contributed by atoms with Gasteiger partial charge >= 0.3 is 17.7 Å². The van der Waals surface area contributed by atoms with E-state index < -0.39 is 30.4 Å². The molecule has 0 aromatic heterocycles. The van der Waals surface area contributed by atoms with Crippen molar-refractivity contribution in [2.75, 3.05) is 13.2 Å². The van der Waals surface area contributed by atoms with Gasteiger partial charge in [-0.05, 0) is 48.7 Å². The Balaban J connectivity index is 1.76. The van der Waals surface area contributed by atoms with Gasteiger partial charge in [0.25, 0.3) is 0 Å². The topological polar surface area (TPSA) is 128 Å². The fourth-order valence-electron chi connectivity index (χ4n) is 2.88. The lowest BCUT2D eigenvalue weighted by Gasteiger charge is -2.22. The van der Waals surface area contributed by atoms with Crippen molar-refractivity contribution in [2.45, 2.75) is 24.7 Å². The summed E-state index contributed by atoms with van der Waals surface area (Å²) in [5.74, 6) is -5.35. The molecule has 8 nitrogen and oxygen atoms in total. The molecule has 0 spiro atoms. The summed E-state index contributed by atoms with van der Waals surface area (Å²) >= 11 is 5.88. The maximum atomic E-state index is 12.6. The Kier molecular flexibility index (Phi) is 6.26. The average molecular weight is 422 g/mol. The standard InChI is InChI=1S/C20H20ClNO7/c21-14-7-1-5-13(10-14)15(23)11-27-19(26)20(18(24)25)28-16-8-2-4-12(6-3-9-22)17(16)29-20/h1-2,4-5,7-8,10,15,23H,3,6,9,11,22H2,(H,24,25). The molecule has 154 valence electrons. The van der Waals surface area contributed by atoms with Crippen LogP contribution in [-0.2, 0) is 20.7 Å². The van der Waals surface area contributed by atoms with Crippen LogP contribution in [0.4, 0.5) is 0 Å². The summed E-state index contributed by atoms with van der Waals surface area (Å²) in [4.78, 5) is 24.5. The average Bonchev–Trinajstić information content (AvgIpc) is 3.12. The van der Waals surface area contributed by atoms with Gasteiger partial charge < -0.3 is 30.2 Å². The third kappa shape index (κ3) is 4.29. The summed E-state index contributed by atoms with van der Waals surface area (Å²) in [7, 11) is 0. The molecule has 0 bridgehead atoms. The molecule has 1 aliphatic rings. The van der Waals surface area contributed by atoms with E-state index in [0.29, 0.717) is 35.5 Å². The van der Waals surface area contributed by atoms with Crippen LogP contribution in [0.1, 0.15) is 23.7 Å². The molecule has 0 saturated heterocycles. The molecule has 9 heteroatoms. The number of aliphatic carboxylic acids is 1. The first-order valence-electron chi connectivity index (χ1n) is 8.91. The first-order chi connectivity index (χ1) is 13.9. The lowest BCUT2D eigenvalue weighted by Crippen LogP contribution is -2.55. The summed E-state index contributed by atoms with van der Waals surface area (Å²) in [6.07, 6.45) is -0.0235. The number of benzene rings is 2. The van der Waals surface area contributed by atoms with Crippen molar-refractivity contribution >= 4 is 23.5 Å². The highest BCUT2D eigenvalue weighted by molar-refractivity contribution is 6.30. The summed E-state index contributed by atoms with van der Waals surface area (Å²) in [6, 6.07) is 11.3. The number of rotatable bonds is 8. The molecular weight excluding hydrogens is 402 g/mol. The van der Waals surface area contributed by atoms with Crippen LogP contribution < -0.4 is 15.2 Å². The number of aryl methyl sites for hydroxylation is 1. The van der Waals surface area contributed by atoms with Crippen molar-refractivity contribution in [1.82, 2.24) is 0 Å². The van der Waals surface area contributed by atoms with E-state index in [1.807, 2.05) is 0 Å². The predicted octanol–water partition coefficient (Wildman–Crippen LogP) is 2.06. The van der Waals surface area contributed by atoms with E-state index in [-0.39, 0.29) is 11.5 Å². The summed E-state index contributed by atoms with van der Waals surface area (Å²) < 4.78 is 15.8. The number of esters is 1. The molecule has 0 radical (unpaired) electrons. The number of carbonyl (C=O) groups is 2. The highest BCUT2D eigenvalue weighted by Crippen LogP contribution is 2.43. The van der Waals surface area contributed by atoms with E-state index >= 15 is 0 Å². The molecule has 4 N–H and O–H groups in total. The van der Waals surface area contributed by atoms with Crippen LogP contribution in [0.2, 0.25) is 5.02 Å². The van der Waals surface area contributed by atoms with Crippen LogP contribution in [0, 0.1) is 0 Å². The number of hydrogen-bond donors (Lipinski definition) is 3. The molecule has 0 aliphatic carbocycles. The second-order valence-corrected chi connectivity index (χ2v) is 6.87. The largest absolute Gasteiger partial charge is 0.475 e. The smallest absolute Gasteiger partial charge is 0.453 e. The highest BCUT2D eigenvalue weighted by atomic mass is 35.5. The molecule has 2 aromatic carbocycles. The third-order valence-corrected chi connectivity index (χ3v) is 4.60. The number of aliphatic hydroxyl groups is 1. The number of nitrogens with two attached hydrogens (primary N) is 1. The summed E-state index contributed by atoms with van der Waals surface area (Å²) in [6.45, 7) is -0.0602. The molecule has 0 amide bonds. The Hall–Kier alpha value is -2.81. The maximum Gasteiger partial charge on any atom is 0.453 e. The van der Waals surface area contributed by atoms with Crippen LogP contribution in [-0.4, -0.2) is 41.1 Å². The molecule has 2 unspecified atom stereocenters. The monoisotopic (exact) mass is 421 g/mol. The highest BCUT2D eigenvalue weighted by Gasteiger charge is 2.59. The minimum absolute atomic E-state index is 0.120. The van der Waals surface area contributed by atoms with E-state index in [4.69, 9.17) is 31.5 Å². The Morgan fingerprint density at radius 3 is 2.66 bits per heavy atom. The second-order valence-electron chi connectivity index (χ2n) is 6.43. The number of halogens is 1. The molecule has 2 aromatic rings. The number of hydrogen-bond acceptors (Lipinski definition) is 7. The van der Waals surface area contributed by atoms with Gasteiger partial charge in [0.1, 0.15) is 12.7 Å². The van der Waals surface area contributed by atoms with Crippen molar-refractivity contribution in [2.24, 2.45) is 5.73 Å². The Morgan fingerprint density at radius 1 is 1.21 bits per heavy atom. The number of fused-ring (bicyclic) bond motifs is 1. The molecule has 1 aliphatic heterocycles. The molecule has 0 fully saturated rings. The number of aliphatic hydroxyl groups excluding tert-OH is 1. The zero-order valence-corrected chi connectivity index (χ0v) is 16.1. The first-order valence-corrected chi connectivity index (χ1v) is 9.29.